The van der Waals surface area contributed by atoms with Crippen molar-refractivity contribution in [2.45, 2.75) is 37.5 Å². The van der Waals surface area contributed by atoms with E-state index in [2.05, 4.69) is 48.5 Å². The van der Waals surface area contributed by atoms with Crippen LogP contribution in [0.5, 0.6) is 0 Å². The Labute approximate surface area is 151 Å². The molecule has 0 heterocycles. The van der Waals surface area contributed by atoms with Crippen molar-refractivity contribution in [1.29, 1.82) is 0 Å². The van der Waals surface area contributed by atoms with Crippen molar-refractivity contribution in [3.05, 3.63) is 102 Å². The van der Waals surface area contributed by atoms with Crippen molar-refractivity contribution in [1.82, 2.24) is 0 Å². The highest BCUT2D eigenvalue weighted by atomic mass is 16.2. The molecule has 0 bridgehead atoms. The number of fused-ring (bicyclic) bond motifs is 9. The second-order valence-corrected chi connectivity index (χ2v) is 7.81. The Morgan fingerprint density at radius 2 is 1.04 bits per heavy atom. The Hall–Kier alpha value is -2.74. The van der Waals surface area contributed by atoms with Gasteiger partial charge in [-0.1, -0.05) is 48.5 Å². The highest BCUT2D eigenvalue weighted by molar-refractivity contribution is 6.01. The Balaban J connectivity index is 1.74. The topological polar surface area (TPSA) is 34.1 Å². The number of hydrogen-bond acceptors (Lipinski definition) is 2. The summed E-state index contributed by atoms with van der Waals surface area (Å²) in [5.74, 6) is 0.199. The van der Waals surface area contributed by atoms with Gasteiger partial charge in [0.15, 0.2) is 0 Å². The predicted molar refractivity (Wildman–Crippen MR) is 103 cm³/mol. The number of hydrogen-bond donors (Lipinski definition) is 0. The number of rotatable bonds is 0. The first kappa shape index (κ1) is 14.4. The SMILES string of the molecule is O=c1c2c(c1=O)C1CCc3ccccc3C1=C1c3ccccc3CCC12. The molecule has 26 heavy (non-hydrogen) atoms. The molecule has 0 fully saturated rings. The number of aryl methyl sites for hydroxylation is 2. The summed E-state index contributed by atoms with van der Waals surface area (Å²) in [5.41, 5.74) is 9.20. The zero-order valence-corrected chi connectivity index (χ0v) is 14.4. The van der Waals surface area contributed by atoms with E-state index >= 15 is 0 Å². The van der Waals surface area contributed by atoms with E-state index in [0.717, 1.165) is 36.8 Å². The van der Waals surface area contributed by atoms with Crippen LogP contribution in [0.2, 0.25) is 0 Å². The van der Waals surface area contributed by atoms with Crippen LogP contribution in [0.1, 0.15) is 58.1 Å². The summed E-state index contributed by atoms with van der Waals surface area (Å²) in [6, 6.07) is 17.2. The first-order chi connectivity index (χ1) is 12.8. The largest absolute Gasteiger partial charge is 0.285 e. The highest BCUT2D eigenvalue weighted by Gasteiger charge is 2.45. The Morgan fingerprint density at radius 1 is 0.615 bits per heavy atom. The standard InChI is InChI=1S/C24H18O2/c25-23-21-17-11-9-13-5-1-3-7-15(13)19(17)20-16-8-4-2-6-14(16)10-12-18(20)22(21)24(23)26/h1-8,17-18H,9-12H2. The van der Waals surface area contributed by atoms with Crippen molar-refractivity contribution in [2.24, 2.45) is 0 Å². The minimum absolute atomic E-state index is 0.0995. The molecule has 3 aliphatic carbocycles. The molecule has 0 aliphatic heterocycles. The Kier molecular flexibility index (Phi) is 2.73. The maximum atomic E-state index is 12.5. The van der Waals surface area contributed by atoms with Gasteiger partial charge in [-0.15, -0.1) is 0 Å². The first-order valence-corrected chi connectivity index (χ1v) is 9.49. The molecule has 126 valence electrons. The monoisotopic (exact) mass is 338 g/mol. The zero-order valence-electron chi connectivity index (χ0n) is 14.4. The van der Waals surface area contributed by atoms with E-state index in [4.69, 9.17) is 0 Å². The second-order valence-electron chi connectivity index (χ2n) is 7.81. The average Bonchev–Trinajstić information content (AvgIpc) is 2.71. The van der Waals surface area contributed by atoms with Crippen molar-refractivity contribution >= 4 is 11.1 Å². The van der Waals surface area contributed by atoms with Gasteiger partial charge in [0, 0.05) is 23.0 Å². The minimum Gasteiger partial charge on any atom is -0.285 e. The van der Waals surface area contributed by atoms with E-state index in [-0.39, 0.29) is 22.7 Å². The van der Waals surface area contributed by atoms with Gasteiger partial charge < -0.3 is 0 Å². The lowest BCUT2D eigenvalue weighted by Gasteiger charge is -2.42. The zero-order chi connectivity index (χ0) is 17.4. The fourth-order valence-corrected chi connectivity index (χ4v) is 5.63. The van der Waals surface area contributed by atoms with Gasteiger partial charge in [0.1, 0.15) is 0 Å². The number of allylic oxidation sites excluding steroid dienone is 2. The molecular formula is C24H18O2. The summed E-state index contributed by atoms with van der Waals surface area (Å²) in [6.45, 7) is 0. The lowest BCUT2D eigenvalue weighted by Crippen LogP contribution is -2.46. The molecule has 0 radical (unpaired) electrons. The molecule has 6 rings (SSSR count). The molecule has 2 unspecified atom stereocenters. The third kappa shape index (κ3) is 1.63. The average molecular weight is 338 g/mol. The summed E-state index contributed by atoms with van der Waals surface area (Å²) < 4.78 is 0. The van der Waals surface area contributed by atoms with E-state index in [1.165, 1.54) is 33.4 Å². The predicted octanol–water partition coefficient (Wildman–Crippen LogP) is 3.97. The summed E-state index contributed by atoms with van der Waals surface area (Å²) in [4.78, 5) is 24.9. The highest BCUT2D eigenvalue weighted by Crippen LogP contribution is 2.56. The second kappa shape index (κ2) is 4.91. The molecule has 2 heteroatoms. The summed E-state index contributed by atoms with van der Waals surface area (Å²) in [7, 11) is 0. The fourth-order valence-electron chi connectivity index (χ4n) is 5.63. The van der Waals surface area contributed by atoms with Crippen LogP contribution in [0.4, 0.5) is 0 Å². The van der Waals surface area contributed by atoms with Gasteiger partial charge in [-0.2, -0.15) is 0 Å². The van der Waals surface area contributed by atoms with Gasteiger partial charge in [-0.05, 0) is 59.1 Å². The Morgan fingerprint density at radius 3 is 1.50 bits per heavy atom. The van der Waals surface area contributed by atoms with Crippen LogP contribution in [0.25, 0.3) is 11.1 Å². The molecule has 3 aromatic carbocycles. The van der Waals surface area contributed by atoms with Crippen LogP contribution >= 0.6 is 0 Å². The molecule has 0 aromatic heterocycles. The van der Waals surface area contributed by atoms with Gasteiger partial charge >= 0.3 is 0 Å². The lowest BCUT2D eigenvalue weighted by molar-refractivity contribution is 0.637. The summed E-state index contributed by atoms with van der Waals surface area (Å²) >= 11 is 0. The summed E-state index contributed by atoms with van der Waals surface area (Å²) in [6.07, 6.45) is 3.82. The van der Waals surface area contributed by atoms with E-state index in [9.17, 15) is 9.59 Å². The lowest BCUT2D eigenvalue weighted by atomic mass is 9.60. The summed E-state index contributed by atoms with van der Waals surface area (Å²) in [5, 5.41) is 0. The minimum atomic E-state index is -0.222. The molecule has 0 amide bonds. The van der Waals surface area contributed by atoms with E-state index in [1.54, 1.807) is 0 Å². The molecule has 0 saturated carbocycles. The van der Waals surface area contributed by atoms with Gasteiger partial charge in [0.05, 0.1) is 0 Å². The van der Waals surface area contributed by atoms with Crippen molar-refractivity contribution < 1.29 is 0 Å². The van der Waals surface area contributed by atoms with Crippen LogP contribution in [-0.4, -0.2) is 0 Å². The van der Waals surface area contributed by atoms with Crippen molar-refractivity contribution in [3.63, 3.8) is 0 Å². The maximum absolute atomic E-state index is 12.5. The van der Waals surface area contributed by atoms with E-state index in [0.29, 0.717) is 0 Å². The molecule has 2 atom stereocenters. The molecule has 3 aromatic rings. The van der Waals surface area contributed by atoms with Crippen LogP contribution < -0.4 is 10.9 Å². The Bertz CT molecular complexity index is 1090. The smallest absolute Gasteiger partial charge is 0.230 e. The van der Waals surface area contributed by atoms with E-state index < -0.39 is 0 Å². The quantitative estimate of drug-likeness (QED) is 0.581. The van der Waals surface area contributed by atoms with Gasteiger partial charge in [-0.25, -0.2) is 0 Å². The van der Waals surface area contributed by atoms with Gasteiger partial charge in [-0.3, -0.25) is 9.59 Å². The third-order valence-electron chi connectivity index (χ3n) is 6.69. The van der Waals surface area contributed by atoms with Crippen LogP contribution in [0.3, 0.4) is 0 Å². The van der Waals surface area contributed by atoms with Crippen LogP contribution in [0.15, 0.2) is 58.1 Å². The van der Waals surface area contributed by atoms with Crippen molar-refractivity contribution in [3.8, 4) is 0 Å². The fraction of sp³-hybridized carbons (Fsp3) is 0.250. The molecule has 0 spiro atoms. The normalized spacial score (nSPS) is 22.9. The van der Waals surface area contributed by atoms with Crippen LogP contribution in [-0.2, 0) is 12.8 Å². The first-order valence-electron chi connectivity index (χ1n) is 9.49. The maximum Gasteiger partial charge on any atom is 0.230 e. The van der Waals surface area contributed by atoms with E-state index in [1.807, 2.05) is 0 Å². The molecule has 0 saturated heterocycles. The van der Waals surface area contributed by atoms with Gasteiger partial charge in [0.25, 0.3) is 0 Å². The molecule has 2 nitrogen and oxygen atoms in total. The number of benzene rings is 2. The van der Waals surface area contributed by atoms with Crippen molar-refractivity contribution in [2.75, 3.05) is 0 Å². The third-order valence-corrected chi connectivity index (χ3v) is 6.69. The molecule has 3 aliphatic rings. The van der Waals surface area contributed by atoms with Crippen LogP contribution in [0, 0.1) is 0 Å². The van der Waals surface area contributed by atoms with Gasteiger partial charge in [0.2, 0.25) is 10.9 Å². The molecular weight excluding hydrogens is 320 g/mol. The molecule has 0 N–H and O–H groups in total.